The van der Waals surface area contributed by atoms with Crippen molar-refractivity contribution >= 4 is 29.5 Å². The summed E-state index contributed by atoms with van der Waals surface area (Å²) in [5, 5.41) is 27.6. The summed E-state index contributed by atoms with van der Waals surface area (Å²) in [6, 6.07) is 54.7. The minimum absolute atomic E-state index is 0.0344. The Morgan fingerprint density at radius 3 is 2.04 bits per heavy atom. The van der Waals surface area contributed by atoms with Crippen molar-refractivity contribution in [2.75, 3.05) is 38.3 Å². The van der Waals surface area contributed by atoms with Gasteiger partial charge in [0.25, 0.3) is 0 Å². The monoisotopic (exact) mass is 1010 g/mol. The minimum atomic E-state index is -2.09. The number of morpholine rings is 1. The van der Waals surface area contributed by atoms with Crippen LogP contribution in [0, 0.1) is 17.8 Å². The Bertz CT molecular complexity index is 3250. The summed E-state index contributed by atoms with van der Waals surface area (Å²) in [4.78, 5) is 68.8. The summed E-state index contributed by atoms with van der Waals surface area (Å²) in [7, 11) is 1.98. The fourth-order valence-corrected chi connectivity index (χ4v) is 11.3. The number of anilines is 1. The van der Waals surface area contributed by atoms with E-state index in [4.69, 9.17) is 9.47 Å². The normalized spacial score (nSPS) is 21.4. The van der Waals surface area contributed by atoms with Gasteiger partial charge >= 0.3 is 12.0 Å². The Morgan fingerprint density at radius 2 is 1.37 bits per heavy atom. The highest BCUT2D eigenvalue weighted by atomic mass is 16.6. The molecule has 3 aliphatic rings. The van der Waals surface area contributed by atoms with Crippen LogP contribution in [0.2, 0.25) is 0 Å². The molecule has 384 valence electrons. The summed E-state index contributed by atoms with van der Waals surface area (Å²) in [6.07, 6.45) is -2.11. The number of cyclic esters (lactones) is 1. The SMILES string of the molecule is C[C@@H](NC(=O)N1C(=O)[C@@]2(c3cc(C#CCN(C)Cc4ccccc4)ccc31)[C@H](C(=O)NC[C@H](O)c1ccccc1)[C@H]1C(=O)O[C@H](c3ccccc3)[C@H](c3ccccc3)N1[C@@H]2c1cccc(OCCO)c1)c1ccccc1. The highest BCUT2D eigenvalue weighted by Crippen LogP contribution is 2.66. The van der Waals surface area contributed by atoms with Crippen LogP contribution in [0.25, 0.3) is 0 Å². The van der Waals surface area contributed by atoms with Gasteiger partial charge in [-0.1, -0.05) is 176 Å². The zero-order valence-electron chi connectivity index (χ0n) is 42.2. The number of urea groups is 1. The summed E-state index contributed by atoms with van der Waals surface area (Å²) in [5.41, 5.74) is 3.29. The zero-order valence-corrected chi connectivity index (χ0v) is 42.2. The number of carbonyl (C=O) groups is 4. The van der Waals surface area contributed by atoms with Crippen LogP contribution >= 0.6 is 0 Å². The summed E-state index contributed by atoms with van der Waals surface area (Å²) in [5.74, 6) is 3.17. The van der Waals surface area contributed by atoms with E-state index in [1.54, 1.807) is 60.7 Å². The third-order valence-corrected chi connectivity index (χ3v) is 14.6. The lowest BCUT2D eigenvalue weighted by atomic mass is 9.65. The molecule has 2 saturated heterocycles. The highest BCUT2D eigenvalue weighted by Gasteiger charge is 2.75. The van der Waals surface area contributed by atoms with Gasteiger partial charge in [0, 0.05) is 18.7 Å². The predicted octanol–water partition coefficient (Wildman–Crippen LogP) is 8.53. The van der Waals surface area contributed by atoms with Gasteiger partial charge in [0.2, 0.25) is 11.8 Å². The maximum absolute atomic E-state index is 16.8. The number of carbonyl (C=O) groups excluding carboxylic acids is 4. The first-order valence-corrected chi connectivity index (χ1v) is 25.6. The number of amides is 4. The van der Waals surface area contributed by atoms with Gasteiger partial charge in [-0.3, -0.25) is 24.2 Å². The Balaban J connectivity index is 1.21. The van der Waals surface area contributed by atoms with Crippen LogP contribution in [0.15, 0.2) is 194 Å². The smallest absolute Gasteiger partial charge is 0.329 e. The molecule has 7 aromatic carbocycles. The number of benzene rings is 7. The molecule has 10 rings (SSSR count). The maximum atomic E-state index is 16.8. The van der Waals surface area contributed by atoms with Gasteiger partial charge in [-0.25, -0.2) is 9.69 Å². The van der Waals surface area contributed by atoms with Crippen molar-refractivity contribution in [1.29, 1.82) is 0 Å². The van der Waals surface area contributed by atoms with E-state index in [0.717, 1.165) is 21.6 Å². The van der Waals surface area contributed by atoms with Gasteiger partial charge in [0.1, 0.15) is 29.9 Å². The molecule has 4 N–H and O–H groups in total. The minimum Gasteiger partial charge on any atom is -0.491 e. The number of rotatable bonds is 15. The fraction of sp³-hybridized carbons (Fsp3) is 0.238. The van der Waals surface area contributed by atoms with E-state index in [9.17, 15) is 10.2 Å². The Morgan fingerprint density at radius 1 is 0.750 bits per heavy atom. The summed E-state index contributed by atoms with van der Waals surface area (Å²) in [6.45, 7) is 2.29. The number of aliphatic hydroxyl groups is 2. The number of nitrogens with one attached hydrogen (secondary N) is 2. The second kappa shape index (κ2) is 22.6. The number of ether oxygens (including phenoxy) is 2. The van der Waals surface area contributed by atoms with E-state index in [-0.39, 0.29) is 25.4 Å². The Hall–Kier alpha value is -8.38. The van der Waals surface area contributed by atoms with Crippen LogP contribution in [0.3, 0.4) is 0 Å². The van der Waals surface area contributed by atoms with E-state index in [0.29, 0.717) is 46.7 Å². The van der Waals surface area contributed by atoms with Crippen molar-refractivity contribution in [3.8, 4) is 17.6 Å². The number of aliphatic hydroxyl groups excluding tert-OH is 2. The third kappa shape index (κ3) is 9.99. The van der Waals surface area contributed by atoms with E-state index < -0.39 is 71.5 Å². The van der Waals surface area contributed by atoms with E-state index in [1.807, 2.05) is 140 Å². The number of fused-ring (bicyclic) bond motifs is 3. The maximum Gasteiger partial charge on any atom is 0.329 e. The van der Waals surface area contributed by atoms with Crippen molar-refractivity contribution in [3.05, 3.63) is 239 Å². The summed E-state index contributed by atoms with van der Waals surface area (Å²) >= 11 is 0. The van der Waals surface area contributed by atoms with E-state index >= 15 is 19.2 Å². The number of imide groups is 1. The van der Waals surface area contributed by atoms with Gasteiger partial charge in [0.15, 0.2) is 0 Å². The third-order valence-electron chi connectivity index (χ3n) is 14.6. The standard InChI is InChI=1S/C63H59N5O8/c1-42(45-23-10-4-11-24-45)65-62(74)67-52-34-33-43(22-19-35-66(2)41-44-20-8-3-9-21-44)38-51(52)63(61(67)73)54(59(71)64-40-53(70)46-25-12-5-13-26-46)56-60(72)76-57(48-29-16-7-17-30-48)55(47-27-14-6-15-28-47)68(56)58(63)49-31-18-32-50(39-49)75-37-36-69/h3-18,20-21,23-34,38-39,42,53-58,69-70H,35-37,40-41H2,1-2H3,(H,64,71)(H,65,74)/t42-,53+,54+,55+,56+,57-,58-,63+/m1/s1. The molecule has 13 heteroatoms. The molecule has 0 unspecified atom stereocenters. The van der Waals surface area contributed by atoms with E-state index in [2.05, 4.69) is 39.5 Å². The van der Waals surface area contributed by atoms with Crippen LogP contribution in [0.1, 0.15) is 81.8 Å². The van der Waals surface area contributed by atoms with Crippen molar-refractivity contribution < 1.29 is 38.9 Å². The molecule has 0 aromatic heterocycles. The largest absolute Gasteiger partial charge is 0.491 e. The Kier molecular flexibility index (Phi) is 15.2. The van der Waals surface area contributed by atoms with Crippen LogP contribution in [-0.2, 0) is 31.1 Å². The quantitative estimate of drug-likeness (QED) is 0.0579. The first kappa shape index (κ1) is 51.1. The molecule has 0 saturated carbocycles. The topological polar surface area (TPSA) is 161 Å². The molecule has 2 fully saturated rings. The first-order valence-electron chi connectivity index (χ1n) is 25.6. The second-order valence-corrected chi connectivity index (χ2v) is 19.5. The molecule has 76 heavy (non-hydrogen) atoms. The van der Waals surface area contributed by atoms with Crippen LogP contribution in [-0.4, -0.2) is 83.2 Å². The lowest BCUT2D eigenvalue weighted by molar-refractivity contribution is -0.178. The fourth-order valence-electron chi connectivity index (χ4n) is 11.3. The van der Waals surface area contributed by atoms with Crippen molar-refractivity contribution in [3.63, 3.8) is 0 Å². The highest BCUT2D eigenvalue weighted by molar-refractivity contribution is 6.24. The lowest BCUT2D eigenvalue weighted by Gasteiger charge is -2.46. The van der Waals surface area contributed by atoms with Crippen molar-refractivity contribution in [2.24, 2.45) is 5.92 Å². The zero-order chi connectivity index (χ0) is 52.8. The second-order valence-electron chi connectivity index (χ2n) is 19.5. The van der Waals surface area contributed by atoms with Crippen molar-refractivity contribution in [1.82, 2.24) is 20.4 Å². The van der Waals surface area contributed by atoms with Crippen LogP contribution in [0.5, 0.6) is 5.75 Å². The molecular weight excluding hydrogens is 955 g/mol. The molecule has 4 amide bonds. The predicted molar refractivity (Wildman–Crippen MR) is 288 cm³/mol. The van der Waals surface area contributed by atoms with Gasteiger partial charge < -0.3 is 30.3 Å². The van der Waals surface area contributed by atoms with Gasteiger partial charge in [-0.15, -0.1) is 0 Å². The van der Waals surface area contributed by atoms with Gasteiger partial charge in [0.05, 0.1) is 49.0 Å². The van der Waals surface area contributed by atoms with Gasteiger partial charge in [-0.05, 0) is 83.2 Å². The molecule has 1 spiro atoms. The van der Waals surface area contributed by atoms with Crippen LogP contribution < -0.4 is 20.3 Å². The molecule has 8 atom stereocenters. The summed E-state index contributed by atoms with van der Waals surface area (Å²) < 4.78 is 12.7. The molecule has 0 aliphatic carbocycles. The Labute approximate surface area is 442 Å². The number of hydrogen-bond acceptors (Lipinski definition) is 10. The molecule has 0 bridgehead atoms. The molecule has 7 aromatic rings. The van der Waals surface area contributed by atoms with E-state index in [1.165, 1.54) is 0 Å². The average molecular weight is 1010 g/mol. The molecule has 13 nitrogen and oxygen atoms in total. The first-order chi connectivity index (χ1) is 37.1. The molecular formula is C63H59N5O8. The number of hydrogen-bond donors (Lipinski definition) is 4. The van der Waals surface area contributed by atoms with Gasteiger partial charge in [-0.2, -0.15) is 0 Å². The number of esters is 1. The number of nitrogens with zero attached hydrogens (tertiary/aromatic N) is 3. The molecule has 0 radical (unpaired) electrons. The molecule has 3 heterocycles. The van der Waals surface area contributed by atoms with Crippen molar-refractivity contribution in [2.45, 2.75) is 55.3 Å². The molecule has 3 aliphatic heterocycles. The van der Waals surface area contributed by atoms with Crippen LogP contribution in [0.4, 0.5) is 10.5 Å². The lowest BCUT2D eigenvalue weighted by Crippen LogP contribution is -2.56. The average Bonchev–Trinajstić information content (AvgIpc) is 4.16.